The van der Waals surface area contributed by atoms with Gasteiger partial charge in [-0.2, -0.15) is 0 Å². The van der Waals surface area contributed by atoms with Crippen LogP contribution in [0.25, 0.3) is 0 Å². The Morgan fingerprint density at radius 3 is 2.36 bits per heavy atom. The topological polar surface area (TPSA) is 0 Å². The predicted octanol–water partition coefficient (Wildman–Crippen LogP) is 3.47. The summed E-state index contributed by atoms with van der Waals surface area (Å²) in [5.41, 5.74) is 0. The van der Waals surface area contributed by atoms with Gasteiger partial charge in [0.15, 0.2) is 0 Å². The highest BCUT2D eigenvalue weighted by molar-refractivity contribution is 7.12. The third-order valence-corrected chi connectivity index (χ3v) is 2.82. The zero-order valence-corrected chi connectivity index (χ0v) is 8.29. The molecule has 1 aromatic rings. The molecular weight excluding hydrogens is 152 g/mol. The second-order valence-corrected chi connectivity index (χ2v) is 4.36. The van der Waals surface area contributed by atoms with Gasteiger partial charge in [0.25, 0.3) is 0 Å². The van der Waals surface area contributed by atoms with Crippen molar-refractivity contribution in [3.63, 3.8) is 0 Å². The van der Waals surface area contributed by atoms with Gasteiger partial charge in [-0.05, 0) is 30.9 Å². The van der Waals surface area contributed by atoms with Crippen LogP contribution in [0.1, 0.15) is 30.5 Å². The molecule has 1 aromatic heterocycles. The molecule has 1 radical (unpaired) electrons. The fourth-order valence-corrected chi connectivity index (χ4v) is 2.17. The summed E-state index contributed by atoms with van der Waals surface area (Å²) in [6, 6.07) is 4.49. The average molecular weight is 167 g/mol. The summed E-state index contributed by atoms with van der Waals surface area (Å²) in [6.45, 7) is 6.58. The first-order valence-corrected chi connectivity index (χ1v) is 4.90. The van der Waals surface area contributed by atoms with Crippen molar-refractivity contribution >= 4 is 11.3 Å². The molecule has 0 aromatic carbocycles. The molecule has 0 aliphatic heterocycles. The van der Waals surface area contributed by atoms with Gasteiger partial charge in [-0.3, -0.25) is 0 Å². The van der Waals surface area contributed by atoms with E-state index in [1.54, 1.807) is 0 Å². The Bertz CT molecular complexity index is 210. The van der Waals surface area contributed by atoms with Crippen molar-refractivity contribution in [3.8, 4) is 0 Å². The second kappa shape index (κ2) is 3.91. The smallest absolute Gasteiger partial charge is 0.00536 e. The van der Waals surface area contributed by atoms with Crippen LogP contribution in [0, 0.1) is 5.92 Å². The first kappa shape index (κ1) is 8.79. The maximum atomic E-state index is 2.25. The molecule has 11 heavy (non-hydrogen) atoms. The van der Waals surface area contributed by atoms with E-state index in [4.69, 9.17) is 0 Å². The molecule has 0 fully saturated rings. The van der Waals surface area contributed by atoms with Crippen LogP contribution in [0.15, 0.2) is 12.1 Å². The highest BCUT2D eigenvalue weighted by Crippen LogP contribution is 2.20. The fourth-order valence-electron chi connectivity index (χ4n) is 1.06. The van der Waals surface area contributed by atoms with Gasteiger partial charge < -0.3 is 0 Å². The maximum absolute atomic E-state index is 2.25. The van der Waals surface area contributed by atoms with E-state index in [1.807, 2.05) is 11.3 Å². The van der Waals surface area contributed by atoms with Crippen molar-refractivity contribution in [2.45, 2.75) is 33.6 Å². The van der Waals surface area contributed by atoms with Crippen molar-refractivity contribution in [1.82, 2.24) is 0 Å². The normalized spacial score (nSPS) is 10.9. The summed E-state index contributed by atoms with van der Waals surface area (Å²) in [5, 5.41) is 0. The Kier molecular flexibility index (Phi) is 3.13. The summed E-state index contributed by atoms with van der Waals surface area (Å²) < 4.78 is 0. The van der Waals surface area contributed by atoms with Gasteiger partial charge >= 0.3 is 0 Å². The molecule has 0 atom stereocenters. The number of thiophene rings is 1. The molecule has 1 heteroatoms. The van der Waals surface area contributed by atoms with Crippen LogP contribution in [0.2, 0.25) is 0 Å². The highest BCUT2D eigenvalue weighted by Gasteiger charge is 2.00. The molecule has 0 aliphatic carbocycles. The van der Waals surface area contributed by atoms with Gasteiger partial charge in [-0.15, -0.1) is 11.3 Å². The molecule has 1 heterocycles. The number of hydrogen-bond acceptors (Lipinski definition) is 1. The molecule has 0 saturated carbocycles. The summed E-state index contributed by atoms with van der Waals surface area (Å²) in [4.78, 5) is 3.00. The second-order valence-electron chi connectivity index (χ2n) is 3.11. The van der Waals surface area contributed by atoms with E-state index >= 15 is 0 Å². The molecule has 1 rings (SSSR count). The largest absolute Gasteiger partial charge is 0.145 e. The van der Waals surface area contributed by atoms with Crippen molar-refractivity contribution in [1.29, 1.82) is 0 Å². The van der Waals surface area contributed by atoms with Crippen molar-refractivity contribution in [2.75, 3.05) is 0 Å². The zero-order valence-electron chi connectivity index (χ0n) is 7.48. The molecular formula is C10H15S. The Labute approximate surface area is 73.3 Å². The molecule has 0 nitrogen and oxygen atoms in total. The summed E-state index contributed by atoms with van der Waals surface area (Å²) >= 11 is 1.94. The number of aryl methyl sites for hydroxylation is 1. The SMILES string of the molecule is CCc1ccc(C[C](C)C)s1. The van der Waals surface area contributed by atoms with Crippen LogP contribution in [0.5, 0.6) is 0 Å². The van der Waals surface area contributed by atoms with Gasteiger partial charge in [0.1, 0.15) is 0 Å². The van der Waals surface area contributed by atoms with Crippen molar-refractivity contribution < 1.29 is 0 Å². The highest BCUT2D eigenvalue weighted by atomic mass is 32.1. The molecule has 0 N–H and O–H groups in total. The van der Waals surface area contributed by atoms with E-state index < -0.39 is 0 Å². The van der Waals surface area contributed by atoms with E-state index in [0.717, 1.165) is 6.42 Å². The minimum absolute atomic E-state index is 1.16. The van der Waals surface area contributed by atoms with Gasteiger partial charge in [0.2, 0.25) is 0 Å². The van der Waals surface area contributed by atoms with E-state index in [0.29, 0.717) is 0 Å². The lowest BCUT2D eigenvalue weighted by Crippen LogP contribution is -1.86. The Hall–Kier alpha value is -0.300. The van der Waals surface area contributed by atoms with Crippen LogP contribution in [-0.4, -0.2) is 0 Å². The van der Waals surface area contributed by atoms with Crippen LogP contribution in [-0.2, 0) is 12.8 Å². The van der Waals surface area contributed by atoms with E-state index in [9.17, 15) is 0 Å². The lowest BCUT2D eigenvalue weighted by Gasteiger charge is -1.98. The summed E-state index contributed by atoms with van der Waals surface area (Å²) in [7, 11) is 0. The maximum Gasteiger partial charge on any atom is 0.00536 e. The molecule has 0 bridgehead atoms. The van der Waals surface area contributed by atoms with Crippen molar-refractivity contribution in [2.24, 2.45) is 0 Å². The molecule has 0 aliphatic rings. The third-order valence-electron chi connectivity index (χ3n) is 1.59. The quantitative estimate of drug-likeness (QED) is 0.646. The van der Waals surface area contributed by atoms with E-state index in [2.05, 4.69) is 32.9 Å². The first-order chi connectivity index (χ1) is 5.22. The van der Waals surface area contributed by atoms with Gasteiger partial charge in [0, 0.05) is 9.75 Å². The monoisotopic (exact) mass is 167 g/mol. The zero-order chi connectivity index (χ0) is 8.27. The third kappa shape index (κ3) is 2.66. The van der Waals surface area contributed by atoms with E-state index in [1.165, 1.54) is 22.1 Å². The summed E-state index contributed by atoms with van der Waals surface area (Å²) in [6.07, 6.45) is 2.33. The Morgan fingerprint density at radius 1 is 1.27 bits per heavy atom. The average Bonchev–Trinajstić information content (AvgIpc) is 2.34. The lowest BCUT2D eigenvalue weighted by molar-refractivity contribution is 0.974. The van der Waals surface area contributed by atoms with E-state index in [-0.39, 0.29) is 0 Å². The molecule has 61 valence electrons. The Morgan fingerprint density at radius 2 is 1.91 bits per heavy atom. The van der Waals surface area contributed by atoms with Crippen LogP contribution >= 0.6 is 11.3 Å². The molecule has 0 spiro atoms. The number of hydrogen-bond donors (Lipinski definition) is 0. The van der Waals surface area contributed by atoms with Gasteiger partial charge in [-0.1, -0.05) is 20.8 Å². The minimum atomic E-state index is 1.16. The molecule has 0 unspecified atom stereocenters. The van der Waals surface area contributed by atoms with Crippen LogP contribution in [0.3, 0.4) is 0 Å². The number of rotatable bonds is 3. The molecule has 0 saturated heterocycles. The van der Waals surface area contributed by atoms with Crippen molar-refractivity contribution in [3.05, 3.63) is 27.8 Å². The first-order valence-electron chi connectivity index (χ1n) is 4.09. The Balaban J connectivity index is 2.58. The fraction of sp³-hybridized carbons (Fsp3) is 0.500. The predicted molar refractivity (Wildman–Crippen MR) is 52.0 cm³/mol. The minimum Gasteiger partial charge on any atom is -0.145 e. The van der Waals surface area contributed by atoms with Crippen LogP contribution < -0.4 is 0 Å². The summed E-state index contributed by atoms with van der Waals surface area (Å²) in [5.74, 6) is 1.49. The lowest BCUT2D eigenvalue weighted by atomic mass is 10.1. The van der Waals surface area contributed by atoms with Gasteiger partial charge in [-0.25, -0.2) is 0 Å². The van der Waals surface area contributed by atoms with Crippen LogP contribution in [0.4, 0.5) is 0 Å². The van der Waals surface area contributed by atoms with Gasteiger partial charge in [0.05, 0.1) is 0 Å². The standard InChI is InChI=1S/C10H15S/c1-4-9-5-6-10(11-9)7-8(2)3/h5-6H,4,7H2,1-3H3. The molecule has 0 amide bonds.